The van der Waals surface area contributed by atoms with Crippen LogP contribution in [-0.4, -0.2) is 47.9 Å². The number of rotatable bonds is 4. The summed E-state index contributed by atoms with van der Waals surface area (Å²) in [6, 6.07) is 0. The van der Waals surface area contributed by atoms with E-state index in [1.807, 2.05) is 11.8 Å². The van der Waals surface area contributed by atoms with Crippen LogP contribution < -0.4 is 5.32 Å². The van der Waals surface area contributed by atoms with Gasteiger partial charge in [-0.15, -0.1) is 0 Å². The van der Waals surface area contributed by atoms with Gasteiger partial charge in [0.05, 0.1) is 6.61 Å². The standard InChI is InChI=1S/C12H21NO3S/c14-11(7-10-1-5-17-6-2-10)13-8-12(15)3-4-16-9-12/h10,15H,1-9H2,(H,13,14). The number of nitrogens with one attached hydrogen (secondary N) is 1. The SMILES string of the molecule is O=C(CC1CCSCC1)NCC1(O)CCOC1. The van der Waals surface area contributed by atoms with Crippen molar-refractivity contribution in [3.63, 3.8) is 0 Å². The second-order valence-corrected chi connectivity index (χ2v) is 6.29. The molecule has 0 saturated carbocycles. The molecular formula is C12H21NO3S. The first kappa shape index (κ1) is 13.2. The van der Waals surface area contributed by atoms with E-state index in [0.29, 0.717) is 38.5 Å². The van der Waals surface area contributed by atoms with Crippen molar-refractivity contribution >= 4 is 17.7 Å². The van der Waals surface area contributed by atoms with Gasteiger partial charge in [0.25, 0.3) is 0 Å². The first-order valence-corrected chi connectivity index (χ1v) is 7.48. The molecule has 2 aliphatic rings. The van der Waals surface area contributed by atoms with Crippen molar-refractivity contribution in [2.45, 2.75) is 31.3 Å². The van der Waals surface area contributed by atoms with Crippen molar-refractivity contribution in [1.82, 2.24) is 5.32 Å². The first-order chi connectivity index (χ1) is 8.18. The van der Waals surface area contributed by atoms with Crippen LogP contribution >= 0.6 is 11.8 Å². The molecule has 2 saturated heterocycles. The summed E-state index contributed by atoms with van der Waals surface area (Å²) >= 11 is 1.97. The Hall–Kier alpha value is -0.260. The average molecular weight is 259 g/mol. The molecule has 2 aliphatic heterocycles. The predicted octanol–water partition coefficient (Wildman–Crippen LogP) is 0.787. The Balaban J connectivity index is 1.66. The molecule has 98 valence electrons. The number of carbonyl (C=O) groups excluding carboxylic acids is 1. The average Bonchev–Trinajstić information content (AvgIpc) is 2.76. The van der Waals surface area contributed by atoms with Crippen LogP contribution in [0.25, 0.3) is 0 Å². The van der Waals surface area contributed by atoms with Crippen molar-refractivity contribution in [3.8, 4) is 0 Å². The van der Waals surface area contributed by atoms with Gasteiger partial charge in [0.2, 0.25) is 5.91 Å². The van der Waals surface area contributed by atoms with Gasteiger partial charge in [0.15, 0.2) is 0 Å². The van der Waals surface area contributed by atoms with E-state index in [9.17, 15) is 9.90 Å². The molecule has 1 unspecified atom stereocenters. The molecule has 4 nitrogen and oxygen atoms in total. The van der Waals surface area contributed by atoms with Crippen LogP contribution in [0.3, 0.4) is 0 Å². The summed E-state index contributed by atoms with van der Waals surface area (Å²) in [5.41, 5.74) is -0.835. The third kappa shape index (κ3) is 4.16. The van der Waals surface area contributed by atoms with Crippen LogP contribution in [0.5, 0.6) is 0 Å². The number of carbonyl (C=O) groups is 1. The minimum Gasteiger partial charge on any atom is -0.386 e. The lowest BCUT2D eigenvalue weighted by Crippen LogP contribution is -2.43. The molecule has 1 atom stereocenters. The number of aliphatic hydroxyl groups is 1. The van der Waals surface area contributed by atoms with Gasteiger partial charge in [0, 0.05) is 26.0 Å². The van der Waals surface area contributed by atoms with E-state index in [1.54, 1.807) is 0 Å². The van der Waals surface area contributed by atoms with Crippen LogP contribution in [0.2, 0.25) is 0 Å². The van der Waals surface area contributed by atoms with Gasteiger partial charge in [0.1, 0.15) is 5.60 Å². The summed E-state index contributed by atoms with van der Waals surface area (Å²) in [6.07, 6.45) is 3.52. The number of thioether (sulfide) groups is 1. The zero-order chi connectivity index (χ0) is 12.1. The molecule has 0 bridgehead atoms. The van der Waals surface area contributed by atoms with E-state index in [-0.39, 0.29) is 5.91 Å². The summed E-state index contributed by atoms with van der Waals surface area (Å²) in [5, 5.41) is 12.8. The number of amides is 1. The van der Waals surface area contributed by atoms with Crippen molar-refractivity contribution in [2.24, 2.45) is 5.92 Å². The smallest absolute Gasteiger partial charge is 0.220 e. The van der Waals surface area contributed by atoms with Crippen LogP contribution in [0, 0.1) is 5.92 Å². The minimum absolute atomic E-state index is 0.0715. The Labute approximate surface area is 106 Å². The topological polar surface area (TPSA) is 58.6 Å². The molecule has 0 aromatic rings. The quantitative estimate of drug-likeness (QED) is 0.783. The molecule has 2 fully saturated rings. The molecular weight excluding hydrogens is 238 g/mol. The normalized spacial score (nSPS) is 30.4. The van der Waals surface area contributed by atoms with Gasteiger partial charge in [-0.2, -0.15) is 11.8 Å². The summed E-state index contributed by atoms with van der Waals surface area (Å²) in [5.74, 6) is 2.96. The van der Waals surface area contributed by atoms with Gasteiger partial charge in [-0.05, 0) is 30.3 Å². The first-order valence-electron chi connectivity index (χ1n) is 6.32. The minimum atomic E-state index is -0.835. The molecule has 0 aliphatic carbocycles. The van der Waals surface area contributed by atoms with Gasteiger partial charge in [-0.1, -0.05) is 0 Å². The monoisotopic (exact) mass is 259 g/mol. The van der Waals surface area contributed by atoms with Crippen molar-refractivity contribution in [1.29, 1.82) is 0 Å². The maximum absolute atomic E-state index is 11.7. The highest BCUT2D eigenvalue weighted by atomic mass is 32.2. The zero-order valence-corrected chi connectivity index (χ0v) is 10.9. The lowest BCUT2D eigenvalue weighted by atomic mass is 9.98. The van der Waals surface area contributed by atoms with Gasteiger partial charge < -0.3 is 15.2 Å². The highest BCUT2D eigenvalue weighted by Gasteiger charge is 2.32. The van der Waals surface area contributed by atoms with Gasteiger partial charge >= 0.3 is 0 Å². The van der Waals surface area contributed by atoms with Crippen LogP contribution in [0.1, 0.15) is 25.7 Å². The lowest BCUT2D eigenvalue weighted by molar-refractivity contribution is -0.123. The third-order valence-corrected chi connectivity index (χ3v) is 4.56. The van der Waals surface area contributed by atoms with Crippen molar-refractivity contribution in [2.75, 3.05) is 31.3 Å². The molecule has 0 aromatic heterocycles. The summed E-state index contributed by atoms with van der Waals surface area (Å²) in [6.45, 7) is 1.26. The molecule has 2 heterocycles. The molecule has 0 radical (unpaired) electrons. The Morgan fingerprint density at radius 3 is 2.88 bits per heavy atom. The predicted molar refractivity (Wildman–Crippen MR) is 68.1 cm³/mol. The van der Waals surface area contributed by atoms with Gasteiger partial charge in [-0.25, -0.2) is 0 Å². The number of ether oxygens (including phenoxy) is 1. The largest absolute Gasteiger partial charge is 0.386 e. The van der Waals surface area contributed by atoms with E-state index in [4.69, 9.17) is 4.74 Å². The summed E-state index contributed by atoms with van der Waals surface area (Å²) < 4.78 is 5.14. The maximum Gasteiger partial charge on any atom is 0.220 e. The molecule has 2 N–H and O–H groups in total. The highest BCUT2D eigenvalue weighted by molar-refractivity contribution is 7.99. The number of hydrogen-bond acceptors (Lipinski definition) is 4. The van der Waals surface area contributed by atoms with Crippen LogP contribution in [0.15, 0.2) is 0 Å². The second kappa shape index (κ2) is 6.07. The second-order valence-electron chi connectivity index (χ2n) is 5.06. The summed E-state index contributed by atoms with van der Waals surface area (Å²) in [7, 11) is 0. The molecule has 17 heavy (non-hydrogen) atoms. The molecule has 5 heteroatoms. The fraction of sp³-hybridized carbons (Fsp3) is 0.917. The molecule has 2 rings (SSSR count). The molecule has 0 aromatic carbocycles. The Kier molecular flexibility index (Phi) is 4.70. The fourth-order valence-electron chi connectivity index (χ4n) is 2.28. The van der Waals surface area contributed by atoms with Crippen molar-refractivity contribution < 1.29 is 14.6 Å². The van der Waals surface area contributed by atoms with Crippen molar-refractivity contribution in [3.05, 3.63) is 0 Å². The van der Waals surface area contributed by atoms with Crippen LogP contribution in [-0.2, 0) is 9.53 Å². The van der Waals surface area contributed by atoms with E-state index in [2.05, 4.69) is 5.32 Å². The molecule has 0 spiro atoms. The Morgan fingerprint density at radius 1 is 1.47 bits per heavy atom. The Bertz CT molecular complexity index is 260. The summed E-state index contributed by atoms with van der Waals surface area (Å²) in [4.78, 5) is 11.7. The third-order valence-electron chi connectivity index (χ3n) is 3.51. The Morgan fingerprint density at radius 2 is 2.24 bits per heavy atom. The van der Waals surface area contributed by atoms with Crippen LogP contribution in [0.4, 0.5) is 0 Å². The van der Waals surface area contributed by atoms with E-state index >= 15 is 0 Å². The van der Waals surface area contributed by atoms with E-state index < -0.39 is 5.60 Å². The van der Waals surface area contributed by atoms with E-state index in [0.717, 1.165) is 12.8 Å². The lowest BCUT2D eigenvalue weighted by Gasteiger charge is -2.23. The highest BCUT2D eigenvalue weighted by Crippen LogP contribution is 2.25. The fourth-order valence-corrected chi connectivity index (χ4v) is 3.49. The number of hydrogen-bond donors (Lipinski definition) is 2. The molecule has 1 amide bonds. The maximum atomic E-state index is 11.7. The van der Waals surface area contributed by atoms with E-state index in [1.165, 1.54) is 11.5 Å². The zero-order valence-electron chi connectivity index (χ0n) is 10.1. The van der Waals surface area contributed by atoms with Gasteiger partial charge in [-0.3, -0.25) is 4.79 Å².